The number of halogens is 1. The van der Waals surface area contributed by atoms with E-state index in [-0.39, 0.29) is 29.1 Å². The fourth-order valence-electron chi connectivity index (χ4n) is 4.62. The third-order valence-electron chi connectivity index (χ3n) is 6.27. The molecule has 5 rings (SSSR count). The van der Waals surface area contributed by atoms with Crippen LogP contribution < -0.4 is 27.6 Å². The van der Waals surface area contributed by atoms with Crippen molar-refractivity contribution in [3.8, 4) is 0 Å². The van der Waals surface area contributed by atoms with Crippen molar-refractivity contribution in [2.45, 2.75) is 38.3 Å². The summed E-state index contributed by atoms with van der Waals surface area (Å²) in [4.78, 5) is 33.5. The highest BCUT2D eigenvalue weighted by Gasteiger charge is 2.35. The Morgan fingerprint density at radius 2 is 2.10 bits per heavy atom. The highest BCUT2D eigenvalue weighted by Crippen LogP contribution is 2.42. The number of aryl methyl sites for hydroxylation is 1. The third kappa shape index (κ3) is 2.85. The molecule has 0 radical (unpaired) electrons. The molecular weight excluding hydrogens is 407 g/mol. The molecule has 158 valence electrons. The quantitative estimate of drug-likeness (QED) is 0.544. The number of nitrogens with two attached hydrogens (primary N) is 2. The van der Waals surface area contributed by atoms with Crippen LogP contribution in [0.3, 0.4) is 0 Å². The van der Waals surface area contributed by atoms with E-state index < -0.39 is 17.1 Å². The maximum absolute atomic E-state index is 15.4. The Bertz CT molecular complexity index is 1250. The summed E-state index contributed by atoms with van der Waals surface area (Å²) in [5.74, 6) is -0.494. The summed E-state index contributed by atoms with van der Waals surface area (Å²) in [5, 5.41) is 2.81. The lowest BCUT2D eigenvalue weighted by Gasteiger charge is -2.25. The zero-order valence-corrected chi connectivity index (χ0v) is 17.3. The van der Waals surface area contributed by atoms with Crippen LogP contribution in [0, 0.1) is 18.7 Å². The molecule has 1 aliphatic heterocycles. The smallest absolute Gasteiger partial charge is 0.329 e. The average Bonchev–Trinajstić information content (AvgIpc) is 3.18. The second-order valence-electron chi connectivity index (χ2n) is 8.18. The number of fused-ring (bicyclic) bond motifs is 1. The van der Waals surface area contributed by atoms with Gasteiger partial charge in [-0.25, -0.2) is 14.2 Å². The van der Waals surface area contributed by atoms with Gasteiger partial charge in [0.05, 0.1) is 28.3 Å². The number of hydrogen-bond acceptors (Lipinski definition) is 7. The van der Waals surface area contributed by atoms with Crippen LogP contribution >= 0.6 is 11.3 Å². The first-order valence-electron chi connectivity index (χ1n) is 10.0. The molecule has 0 bridgehead atoms. The lowest BCUT2D eigenvalue weighted by atomic mass is 10.0. The number of hydrogen-bond donors (Lipinski definition) is 3. The Morgan fingerprint density at radius 1 is 1.33 bits per heavy atom. The Kier molecular flexibility index (Phi) is 4.44. The standard InChI is InChI=1S/C20H23FN6O2S/c1-9-16-12(18(28)25-20(29)27(16)11-2-3-11)15(23)13(21)17(9)26-6-4-10(8-26)14(22)19-24-5-7-30-19/h5,7,10-11,14H,2-4,6,8,22-23H2,1H3,(H,25,28,29). The van der Waals surface area contributed by atoms with Gasteiger partial charge in [-0.2, -0.15) is 0 Å². The van der Waals surface area contributed by atoms with Gasteiger partial charge < -0.3 is 16.4 Å². The van der Waals surface area contributed by atoms with E-state index >= 15 is 4.39 Å². The first-order chi connectivity index (χ1) is 14.4. The van der Waals surface area contributed by atoms with Gasteiger partial charge >= 0.3 is 5.69 Å². The van der Waals surface area contributed by atoms with Crippen LogP contribution in [0.4, 0.5) is 15.8 Å². The van der Waals surface area contributed by atoms with Crippen molar-refractivity contribution in [3.63, 3.8) is 0 Å². The number of H-pyrrole nitrogens is 1. The SMILES string of the molecule is Cc1c(N2CCC(C(N)c3nccs3)C2)c(F)c(N)c2c(=O)[nH]c(=O)n(C3CC3)c12. The minimum atomic E-state index is -0.650. The Balaban J connectivity index is 1.63. The van der Waals surface area contributed by atoms with Crippen LogP contribution in [-0.4, -0.2) is 27.6 Å². The number of benzene rings is 1. The van der Waals surface area contributed by atoms with Crippen molar-refractivity contribution in [2.75, 3.05) is 23.7 Å². The first-order valence-corrected chi connectivity index (χ1v) is 10.9. The molecule has 1 saturated carbocycles. The summed E-state index contributed by atoms with van der Waals surface area (Å²) in [6.07, 6.45) is 4.22. The molecule has 2 aromatic heterocycles. The summed E-state index contributed by atoms with van der Waals surface area (Å²) in [5.41, 5.74) is 12.5. The Labute approximate surface area is 175 Å². The van der Waals surface area contributed by atoms with Crippen LogP contribution in [-0.2, 0) is 0 Å². The van der Waals surface area contributed by atoms with Gasteiger partial charge in [-0.1, -0.05) is 0 Å². The van der Waals surface area contributed by atoms with Crippen molar-refractivity contribution in [1.82, 2.24) is 14.5 Å². The molecule has 2 atom stereocenters. The molecule has 1 aromatic carbocycles. The molecule has 3 heterocycles. The summed E-state index contributed by atoms with van der Waals surface area (Å²) >= 11 is 1.52. The molecule has 1 aliphatic carbocycles. The lowest BCUT2D eigenvalue weighted by molar-refractivity contribution is 0.472. The molecule has 10 heteroatoms. The summed E-state index contributed by atoms with van der Waals surface area (Å²) in [6, 6.07) is -0.207. The van der Waals surface area contributed by atoms with Gasteiger partial charge in [-0.3, -0.25) is 14.3 Å². The van der Waals surface area contributed by atoms with Crippen molar-refractivity contribution in [3.05, 3.63) is 48.8 Å². The fraction of sp³-hybridized carbons (Fsp3) is 0.450. The van der Waals surface area contributed by atoms with E-state index in [1.807, 2.05) is 10.3 Å². The van der Waals surface area contributed by atoms with Crippen LogP contribution in [0.1, 0.15) is 41.9 Å². The molecule has 2 aliphatic rings. The number of aromatic nitrogens is 3. The Morgan fingerprint density at radius 3 is 2.77 bits per heavy atom. The summed E-state index contributed by atoms with van der Waals surface area (Å²) in [7, 11) is 0. The first kappa shape index (κ1) is 19.3. The summed E-state index contributed by atoms with van der Waals surface area (Å²) in [6.45, 7) is 2.93. The fourth-order valence-corrected chi connectivity index (χ4v) is 5.36. The predicted octanol–water partition coefficient (Wildman–Crippen LogP) is 2.04. The highest BCUT2D eigenvalue weighted by molar-refractivity contribution is 7.09. The van der Waals surface area contributed by atoms with Crippen LogP contribution in [0.15, 0.2) is 21.2 Å². The maximum atomic E-state index is 15.4. The number of thiazole rings is 1. The van der Waals surface area contributed by atoms with Crippen LogP contribution in [0.2, 0.25) is 0 Å². The Hall–Kier alpha value is -2.72. The van der Waals surface area contributed by atoms with E-state index in [9.17, 15) is 9.59 Å². The minimum absolute atomic E-state index is 0.0120. The lowest BCUT2D eigenvalue weighted by Crippen LogP contribution is -2.32. The van der Waals surface area contributed by atoms with E-state index in [1.165, 1.54) is 11.3 Å². The van der Waals surface area contributed by atoms with Crippen LogP contribution in [0.5, 0.6) is 0 Å². The van der Waals surface area contributed by atoms with Crippen molar-refractivity contribution in [2.24, 2.45) is 11.7 Å². The van der Waals surface area contributed by atoms with Gasteiger partial charge in [0.25, 0.3) is 5.56 Å². The number of nitrogen functional groups attached to an aromatic ring is 1. The minimum Gasteiger partial charge on any atom is -0.396 e. The largest absolute Gasteiger partial charge is 0.396 e. The molecule has 5 N–H and O–H groups in total. The van der Waals surface area contributed by atoms with Crippen LogP contribution in [0.25, 0.3) is 10.9 Å². The zero-order chi connectivity index (χ0) is 21.2. The van der Waals surface area contributed by atoms with E-state index in [0.29, 0.717) is 29.9 Å². The number of rotatable bonds is 4. The van der Waals surface area contributed by atoms with E-state index in [0.717, 1.165) is 24.3 Å². The zero-order valence-electron chi connectivity index (χ0n) is 16.5. The van der Waals surface area contributed by atoms with Crippen molar-refractivity contribution in [1.29, 1.82) is 0 Å². The monoisotopic (exact) mass is 430 g/mol. The van der Waals surface area contributed by atoms with Gasteiger partial charge in [0.2, 0.25) is 0 Å². The molecule has 0 spiro atoms. The third-order valence-corrected chi connectivity index (χ3v) is 7.14. The average molecular weight is 431 g/mol. The van der Waals surface area contributed by atoms with Gasteiger partial charge in [0.15, 0.2) is 5.82 Å². The highest BCUT2D eigenvalue weighted by atomic mass is 32.1. The van der Waals surface area contributed by atoms with Gasteiger partial charge in [0.1, 0.15) is 5.01 Å². The van der Waals surface area contributed by atoms with E-state index in [4.69, 9.17) is 11.5 Å². The summed E-state index contributed by atoms with van der Waals surface area (Å²) < 4.78 is 17.0. The van der Waals surface area contributed by atoms with Crippen molar-refractivity contribution < 1.29 is 4.39 Å². The number of nitrogens with zero attached hydrogens (tertiary/aromatic N) is 3. The second-order valence-corrected chi connectivity index (χ2v) is 9.10. The molecule has 2 fully saturated rings. The van der Waals surface area contributed by atoms with E-state index in [1.54, 1.807) is 17.7 Å². The molecule has 1 saturated heterocycles. The molecule has 0 amide bonds. The molecule has 2 unspecified atom stereocenters. The van der Waals surface area contributed by atoms with Crippen molar-refractivity contribution >= 4 is 33.6 Å². The number of nitrogens with one attached hydrogen (secondary N) is 1. The predicted molar refractivity (Wildman–Crippen MR) is 116 cm³/mol. The van der Waals surface area contributed by atoms with Gasteiger partial charge in [0, 0.05) is 36.3 Å². The van der Waals surface area contributed by atoms with Gasteiger partial charge in [-0.15, -0.1) is 11.3 Å². The second kappa shape index (κ2) is 6.92. The normalized spacial score (nSPS) is 20.2. The molecule has 8 nitrogen and oxygen atoms in total. The topological polar surface area (TPSA) is 123 Å². The van der Waals surface area contributed by atoms with Gasteiger partial charge in [-0.05, 0) is 32.1 Å². The molecular formula is C20H23FN6O2S. The van der Waals surface area contributed by atoms with E-state index in [2.05, 4.69) is 9.97 Å². The maximum Gasteiger partial charge on any atom is 0.329 e. The number of aromatic amines is 1. The molecule has 3 aromatic rings. The number of anilines is 2. The molecule has 30 heavy (non-hydrogen) atoms.